The molecule has 0 aliphatic carbocycles. The predicted octanol–water partition coefficient (Wildman–Crippen LogP) is -1.97. The van der Waals surface area contributed by atoms with Gasteiger partial charge in [-0.15, -0.1) is 0 Å². The molecular weight excluding hydrogens is 367 g/mol. The Kier molecular flexibility index (Phi) is 8.88. The Balaban J connectivity index is 0.00000312. The zero-order chi connectivity index (χ0) is 17.7. The molecule has 2 heterocycles. The number of carboxylic acid groups (broad SMARTS) is 1. The fourth-order valence-electron chi connectivity index (χ4n) is 2.08. The van der Waals surface area contributed by atoms with Crippen LogP contribution in [-0.4, -0.2) is 47.7 Å². The molecule has 0 saturated carbocycles. The first-order valence-electron chi connectivity index (χ1n) is 7.54. The number of rotatable bonds is 8. The third-order valence-corrected chi connectivity index (χ3v) is 5.08. The topological polar surface area (TPSA) is 102 Å². The molecule has 0 unspecified atom stereocenters. The molecule has 0 aromatic carbocycles. The molecule has 2 aromatic rings. The van der Waals surface area contributed by atoms with Crippen LogP contribution in [0, 0.1) is 0 Å². The summed E-state index contributed by atoms with van der Waals surface area (Å²) >= 11 is 0. The smallest absolute Gasteiger partial charge is 0.543 e. The molecule has 0 amide bonds. The number of ether oxygens (including phenoxy) is 2. The van der Waals surface area contributed by atoms with E-state index in [-0.39, 0.29) is 69.6 Å². The Labute approximate surface area is 190 Å². The van der Waals surface area contributed by atoms with Crippen LogP contribution in [0.4, 0.5) is 0 Å². The molecule has 0 fully saturated rings. The molecular formula is C15H21KN4O4Si. The van der Waals surface area contributed by atoms with Gasteiger partial charge >= 0.3 is 51.4 Å². The van der Waals surface area contributed by atoms with E-state index in [0.29, 0.717) is 17.9 Å². The molecule has 10 heteroatoms. The quantitative estimate of drug-likeness (QED) is 0.382. The van der Waals surface area contributed by atoms with E-state index in [1.165, 1.54) is 24.2 Å². The molecule has 130 valence electrons. The molecule has 0 aliphatic rings. The summed E-state index contributed by atoms with van der Waals surface area (Å²) in [6.45, 7) is 7.30. The van der Waals surface area contributed by atoms with E-state index in [9.17, 15) is 9.90 Å². The Morgan fingerprint density at radius 2 is 2.04 bits per heavy atom. The molecule has 0 bridgehead atoms. The predicted molar refractivity (Wildman–Crippen MR) is 88.2 cm³/mol. The van der Waals surface area contributed by atoms with Gasteiger partial charge < -0.3 is 19.4 Å². The summed E-state index contributed by atoms with van der Waals surface area (Å²) in [5.41, 5.74) is 0.808. The Hall–Kier alpha value is -0.627. The average molecular weight is 389 g/mol. The largest absolute Gasteiger partial charge is 1.00 e. The van der Waals surface area contributed by atoms with Crippen molar-refractivity contribution in [3.05, 3.63) is 24.2 Å². The number of methoxy groups -OCH3 is 1. The number of aromatic carboxylic acids is 1. The van der Waals surface area contributed by atoms with Gasteiger partial charge in [0.2, 0.25) is 0 Å². The summed E-state index contributed by atoms with van der Waals surface area (Å²) in [7, 11) is 0.168. The molecule has 2 aromatic heterocycles. The van der Waals surface area contributed by atoms with Gasteiger partial charge in [0.25, 0.3) is 0 Å². The fourth-order valence-corrected chi connectivity index (χ4v) is 2.84. The van der Waals surface area contributed by atoms with Crippen LogP contribution in [0.5, 0.6) is 5.75 Å². The third-order valence-electron chi connectivity index (χ3n) is 3.37. The molecule has 2 rings (SSSR count). The van der Waals surface area contributed by atoms with Crippen LogP contribution in [0.1, 0.15) is 10.5 Å². The number of aromatic nitrogens is 4. The van der Waals surface area contributed by atoms with Crippen molar-refractivity contribution in [3.8, 4) is 17.0 Å². The number of carbonyl (C=O) groups is 1. The van der Waals surface area contributed by atoms with Gasteiger partial charge in [-0.05, 0) is 12.1 Å². The molecule has 0 saturated heterocycles. The van der Waals surface area contributed by atoms with Gasteiger partial charge in [0.1, 0.15) is 18.1 Å². The van der Waals surface area contributed by atoms with E-state index in [0.717, 1.165) is 6.04 Å². The fraction of sp³-hybridized carbons (Fsp3) is 0.467. The number of hydrogen-bond acceptors (Lipinski definition) is 7. The number of carboxylic acids is 1. The standard InChI is InChI=1S/C15H22N4O4Si.K/c1-22-14-12(11-5-6-16-17-9-11)18-19(13(14)15(20)21)10-23-7-8-24(2,3)4;/h5-6,9H,7-8,10H2,1-4H3,(H,20,21);/q;+1/p-1. The third kappa shape index (κ3) is 6.24. The van der Waals surface area contributed by atoms with Gasteiger partial charge in [0.05, 0.1) is 25.5 Å². The van der Waals surface area contributed by atoms with E-state index >= 15 is 0 Å². The number of hydrogen-bond donors (Lipinski definition) is 0. The Morgan fingerprint density at radius 1 is 1.32 bits per heavy atom. The van der Waals surface area contributed by atoms with Crippen molar-refractivity contribution in [2.45, 2.75) is 32.4 Å². The maximum atomic E-state index is 11.5. The van der Waals surface area contributed by atoms with E-state index in [2.05, 4.69) is 34.9 Å². The van der Waals surface area contributed by atoms with Gasteiger partial charge in [-0.2, -0.15) is 15.3 Å². The first kappa shape index (κ1) is 22.4. The SMILES string of the molecule is COc1c(-c2ccnnc2)nn(COCC[Si](C)(C)C)c1C(=O)[O-].[K+]. The van der Waals surface area contributed by atoms with E-state index in [1.807, 2.05) is 0 Å². The van der Waals surface area contributed by atoms with Gasteiger partial charge in [-0.25, -0.2) is 4.68 Å². The maximum Gasteiger partial charge on any atom is 1.00 e. The summed E-state index contributed by atoms with van der Waals surface area (Å²) in [5.74, 6) is -1.25. The summed E-state index contributed by atoms with van der Waals surface area (Å²) in [6, 6.07) is 2.65. The second-order valence-corrected chi connectivity index (χ2v) is 12.1. The van der Waals surface area contributed by atoms with Crippen molar-refractivity contribution in [1.29, 1.82) is 0 Å². The van der Waals surface area contributed by atoms with E-state index in [1.54, 1.807) is 6.07 Å². The minimum atomic E-state index is -1.37. The summed E-state index contributed by atoms with van der Waals surface area (Å²) in [5, 5.41) is 23.3. The van der Waals surface area contributed by atoms with Crippen LogP contribution in [0.25, 0.3) is 11.3 Å². The maximum absolute atomic E-state index is 11.5. The second-order valence-electron chi connectivity index (χ2n) is 6.50. The molecule has 0 atom stereocenters. The second kappa shape index (κ2) is 9.90. The van der Waals surface area contributed by atoms with Crippen LogP contribution in [0.2, 0.25) is 25.7 Å². The molecule has 8 nitrogen and oxygen atoms in total. The first-order chi connectivity index (χ1) is 11.3. The number of carbonyl (C=O) groups excluding carboxylic acids is 1. The molecule has 0 aliphatic heterocycles. The van der Waals surface area contributed by atoms with Crippen LogP contribution < -0.4 is 61.2 Å². The first-order valence-corrected chi connectivity index (χ1v) is 11.2. The van der Waals surface area contributed by atoms with Crippen molar-refractivity contribution in [2.24, 2.45) is 0 Å². The zero-order valence-electron chi connectivity index (χ0n) is 15.3. The van der Waals surface area contributed by atoms with Gasteiger partial charge in [-0.1, -0.05) is 19.6 Å². The zero-order valence-corrected chi connectivity index (χ0v) is 19.4. The van der Waals surface area contributed by atoms with Gasteiger partial charge in [0.15, 0.2) is 5.75 Å². The molecule has 25 heavy (non-hydrogen) atoms. The monoisotopic (exact) mass is 388 g/mol. The van der Waals surface area contributed by atoms with Crippen LogP contribution in [-0.2, 0) is 11.5 Å². The molecule has 0 spiro atoms. The molecule has 0 radical (unpaired) electrons. The van der Waals surface area contributed by atoms with Crippen molar-refractivity contribution >= 4 is 14.0 Å². The molecule has 0 N–H and O–H groups in total. The van der Waals surface area contributed by atoms with Crippen molar-refractivity contribution < 1.29 is 70.8 Å². The van der Waals surface area contributed by atoms with E-state index < -0.39 is 14.0 Å². The normalized spacial score (nSPS) is 11.0. The summed E-state index contributed by atoms with van der Waals surface area (Å²) < 4.78 is 12.1. The minimum absolute atomic E-state index is 0. The van der Waals surface area contributed by atoms with Crippen LogP contribution in [0.3, 0.4) is 0 Å². The number of nitrogens with zero attached hydrogens (tertiary/aromatic N) is 4. The van der Waals surface area contributed by atoms with E-state index in [4.69, 9.17) is 9.47 Å². The van der Waals surface area contributed by atoms with Crippen LogP contribution in [0.15, 0.2) is 18.5 Å². The van der Waals surface area contributed by atoms with Crippen molar-refractivity contribution in [2.75, 3.05) is 13.7 Å². The van der Waals surface area contributed by atoms with Crippen molar-refractivity contribution in [1.82, 2.24) is 20.0 Å². The van der Waals surface area contributed by atoms with Gasteiger partial charge in [-0.3, -0.25) is 0 Å². The minimum Gasteiger partial charge on any atom is -0.543 e. The van der Waals surface area contributed by atoms with Crippen molar-refractivity contribution in [3.63, 3.8) is 0 Å². The summed E-state index contributed by atoms with van der Waals surface area (Å²) in [6.07, 6.45) is 2.98. The van der Waals surface area contributed by atoms with Crippen LogP contribution >= 0.6 is 0 Å². The Morgan fingerprint density at radius 3 is 2.56 bits per heavy atom. The average Bonchev–Trinajstić information content (AvgIpc) is 2.90. The summed E-state index contributed by atoms with van der Waals surface area (Å²) in [4.78, 5) is 11.5. The Bertz CT molecular complexity index is 704. The van der Waals surface area contributed by atoms with Gasteiger partial charge in [0, 0.05) is 20.2 Å².